The Bertz CT molecular complexity index is 627. The number of nitrogens with two attached hydrogens (primary N) is 1. The molecule has 0 radical (unpaired) electrons. The number of hydrogen-bond donors (Lipinski definition) is 8. The van der Waals surface area contributed by atoms with Gasteiger partial charge in [-0.05, 0) is 77.7 Å². The minimum atomic E-state index is -1.35. The number of aliphatic hydroxyl groups excluding tert-OH is 2. The number of aliphatic carboxylic acids is 1. The zero-order valence-corrected chi connectivity index (χ0v) is 22.0. The third-order valence-electron chi connectivity index (χ3n) is 8.16. The minimum absolute atomic E-state index is 0.0566. The largest absolute Gasteiger partial charge is 0.481 e. The molecular formula is C26H52N4O5. The van der Waals surface area contributed by atoms with E-state index in [1.807, 2.05) is 6.92 Å². The fourth-order valence-electron chi connectivity index (χ4n) is 5.65. The Balaban J connectivity index is 1.68. The van der Waals surface area contributed by atoms with Gasteiger partial charge >= 0.3 is 5.97 Å². The molecule has 0 amide bonds. The number of hydrogen-bond acceptors (Lipinski definition) is 8. The Labute approximate surface area is 211 Å². The van der Waals surface area contributed by atoms with E-state index in [2.05, 4.69) is 22.9 Å². The summed E-state index contributed by atoms with van der Waals surface area (Å²) in [6, 6.07) is 0.677. The van der Waals surface area contributed by atoms with Crippen LogP contribution < -0.4 is 21.7 Å². The van der Waals surface area contributed by atoms with E-state index in [-0.39, 0.29) is 49.3 Å². The van der Waals surface area contributed by atoms with Crippen molar-refractivity contribution in [3.05, 3.63) is 0 Å². The van der Waals surface area contributed by atoms with E-state index in [0.717, 1.165) is 64.3 Å². The van der Waals surface area contributed by atoms with Gasteiger partial charge in [-0.15, -0.1) is 0 Å². The van der Waals surface area contributed by atoms with Crippen molar-refractivity contribution in [1.82, 2.24) is 16.0 Å². The van der Waals surface area contributed by atoms with Crippen LogP contribution in [0.3, 0.4) is 0 Å². The first-order chi connectivity index (χ1) is 16.5. The Morgan fingerprint density at radius 3 is 2.63 bits per heavy atom. The van der Waals surface area contributed by atoms with Crippen molar-refractivity contribution >= 4 is 5.97 Å². The third-order valence-corrected chi connectivity index (χ3v) is 8.16. The third kappa shape index (κ3) is 11.4. The van der Waals surface area contributed by atoms with Gasteiger partial charge in [0.15, 0.2) is 0 Å². The Hall–Kier alpha value is -0.810. The maximum absolute atomic E-state index is 11.4. The highest BCUT2D eigenvalue weighted by Gasteiger charge is 2.36. The van der Waals surface area contributed by atoms with Crippen molar-refractivity contribution in [2.75, 3.05) is 19.7 Å². The van der Waals surface area contributed by atoms with Gasteiger partial charge in [0.05, 0.1) is 24.3 Å². The molecule has 0 saturated carbocycles. The quantitative estimate of drug-likeness (QED) is 0.147. The normalized spacial score (nSPS) is 32.2. The molecule has 0 bridgehead atoms. The van der Waals surface area contributed by atoms with E-state index in [4.69, 9.17) is 5.73 Å². The van der Waals surface area contributed by atoms with Crippen LogP contribution in [0.2, 0.25) is 0 Å². The van der Waals surface area contributed by atoms with E-state index in [1.54, 1.807) is 0 Å². The van der Waals surface area contributed by atoms with Crippen molar-refractivity contribution in [2.45, 2.75) is 133 Å². The number of carboxylic acids is 1. The van der Waals surface area contributed by atoms with Gasteiger partial charge in [0, 0.05) is 30.8 Å². The number of piperidine rings is 2. The first kappa shape index (κ1) is 30.4. The minimum Gasteiger partial charge on any atom is -0.481 e. The molecule has 206 valence electrons. The highest BCUT2D eigenvalue weighted by molar-refractivity contribution is 5.68. The molecule has 2 aliphatic rings. The molecule has 2 heterocycles. The van der Waals surface area contributed by atoms with Crippen LogP contribution in [0.4, 0.5) is 0 Å². The molecule has 2 saturated heterocycles. The number of aliphatic hydroxyl groups is 3. The molecule has 0 unspecified atom stereocenters. The molecule has 0 spiro atoms. The van der Waals surface area contributed by atoms with Crippen molar-refractivity contribution in [2.24, 2.45) is 11.7 Å². The van der Waals surface area contributed by atoms with Crippen LogP contribution in [0.1, 0.15) is 97.3 Å². The molecule has 9 heteroatoms. The molecule has 0 aromatic carbocycles. The summed E-state index contributed by atoms with van der Waals surface area (Å²) in [5.74, 6) is -0.945. The van der Waals surface area contributed by atoms with Crippen LogP contribution in [0, 0.1) is 5.92 Å². The van der Waals surface area contributed by atoms with Gasteiger partial charge in [-0.1, -0.05) is 25.7 Å². The van der Waals surface area contributed by atoms with Gasteiger partial charge in [-0.2, -0.15) is 0 Å². The van der Waals surface area contributed by atoms with Crippen molar-refractivity contribution < 1.29 is 25.2 Å². The van der Waals surface area contributed by atoms with Gasteiger partial charge in [-0.25, -0.2) is 0 Å². The van der Waals surface area contributed by atoms with Gasteiger partial charge in [-0.3, -0.25) is 4.79 Å². The summed E-state index contributed by atoms with van der Waals surface area (Å²) >= 11 is 0. The van der Waals surface area contributed by atoms with Gasteiger partial charge in [0.2, 0.25) is 0 Å². The molecular weight excluding hydrogens is 448 g/mol. The number of carboxylic acid groups (broad SMARTS) is 1. The van der Waals surface area contributed by atoms with Crippen molar-refractivity contribution in [1.29, 1.82) is 0 Å². The average molecular weight is 501 g/mol. The number of β-amino-alcohol motifs (C(OH)–C–C–N with tert-alkyl or cyclic N) is 1. The molecule has 7 atom stereocenters. The highest BCUT2D eigenvalue weighted by Crippen LogP contribution is 2.26. The molecule has 2 aliphatic heterocycles. The zero-order valence-electron chi connectivity index (χ0n) is 22.0. The lowest BCUT2D eigenvalue weighted by Crippen LogP contribution is -2.59. The number of unbranched alkanes of at least 4 members (excludes halogenated alkanes) is 3. The summed E-state index contributed by atoms with van der Waals surface area (Å²) in [6.07, 6.45) is 10.2. The van der Waals surface area contributed by atoms with Crippen molar-refractivity contribution in [3.8, 4) is 0 Å². The fourth-order valence-corrected chi connectivity index (χ4v) is 5.65. The maximum Gasteiger partial charge on any atom is 0.306 e. The first-order valence-electron chi connectivity index (χ1n) is 13.8. The smallest absolute Gasteiger partial charge is 0.306 e. The lowest BCUT2D eigenvalue weighted by Gasteiger charge is -2.41. The maximum atomic E-state index is 11.4. The number of carbonyl (C=O) groups is 1. The molecule has 0 aromatic heterocycles. The van der Waals surface area contributed by atoms with Crippen LogP contribution >= 0.6 is 0 Å². The summed E-state index contributed by atoms with van der Waals surface area (Å²) in [7, 11) is 0. The average Bonchev–Trinajstić information content (AvgIpc) is 2.78. The molecule has 9 N–H and O–H groups in total. The van der Waals surface area contributed by atoms with Crippen LogP contribution in [-0.2, 0) is 4.79 Å². The van der Waals surface area contributed by atoms with Crippen LogP contribution in [-0.4, -0.2) is 81.6 Å². The fraction of sp³-hybridized carbons (Fsp3) is 0.962. The topological polar surface area (TPSA) is 160 Å². The molecule has 0 aromatic rings. The second-order valence-electron chi connectivity index (χ2n) is 11.6. The summed E-state index contributed by atoms with van der Waals surface area (Å²) in [5.41, 5.74) is 4.43. The Morgan fingerprint density at radius 1 is 1.23 bits per heavy atom. The van der Waals surface area contributed by atoms with E-state index in [9.17, 15) is 25.2 Å². The second kappa shape index (κ2) is 14.8. The summed E-state index contributed by atoms with van der Waals surface area (Å²) in [4.78, 5) is 11.4. The lowest BCUT2D eigenvalue weighted by atomic mass is 9.84. The van der Waals surface area contributed by atoms with E-state index in [1.165, 1.54) is 0 Å². The SMILES string of the molecule is C[C@@H]1N[C@H](CCCCCC[C@H](CO)CC[C@](O)(CN[C@]2(C)CCN[C@H](N)C2)CC(=O)O)CC[C@H]1O. The van der Waals surface area contributed by atoms with Crippen LogP contribution in [0.15, 0.2) is 0 Å². The van der Waals surface area contributed by atoms with Crippen LogP contribution in [0.25, 0.3) is 0 Å². The number of rotatable bonds is 16. The van der Waals surface area contributed by atoms with Gasteiger partial charge in [0.1, 0.15) is 0 Å². The van der Waals surface area contributed by atoms with E-state index in [0.29, 0.717) is 25.3 Å². The summed E-state index contributed by atoms with van der Waals surface area (Å²) in [5, 5.41) is 50.3. The van der Waals surface area contributed by atoms with Gasteiger partial charge < -0.3 is 42.1 Å². The summed E-state index contributed by atoms with van der Waals surface area (Å²) in [6.45, 7) is 5.16. The van der Waals surface area contributed by atoms with Gasteiger partial charge in [0.25, 0.3) is 0 Å². The lowest BCUT2D eigenvalue weighted by molar-refractivity contribution is -0.143. The molecule has 2 fully saturated rings. The van der Waals surface area contributed by atoms with Crippen molar-refractivity contribution in [3.63, 3.8) is 0 Å². The zero-order chi connectivity index (χ0) is 25.9. The van der Waals surface area contributed by atoms with E-state index < -0.39 is 11.6 Å². The molecule has 2 rings (SSSR count). The highest BCUT2D eigenvalue weighted by atomic mass is 16.4. The first-order valence-corrected chi connectivity index (χ1v) is 13.8. The Morgan fingerprint density at radius 2 is 1.97 bits per heavy atom. The predicted octanol–water partition coefficient (Wildman–Crippen LogP) is 1.44. The summed E-state index contributed by atoms with van der Waals surface area (Å²) < 4.78 is 0. The second-order valence-corrected chi connectivity index (χ2v) is 11.6. The van der Waals surface area contributed by atoms with Crippen LogP contribution in [0.5, 0.6) is 0 Å². The standard InChI is InChI=1S/C26H52N4O5/c1-19-22(32)10-9-21(30-19)8-6-4-3-5-7-20(17-31)11-12-26(35,16-24(33)34)18-29-25(2)13-14-28-23(27)15-25/h19-23,28-32,35H,3-18,27H2,1-2H3,(H,33,34)/t19-,20-,21+,22+,23-,25+,26+/m0/s1. The Kier molecular flexibility index (Phi) is 12.9. The van der Waals surface area contributed by atoms with E-state index >= 15 is 0 Å². The predicted molar refractivity (Wildman–Crippen MR) is 138 cm³/mol. The molecule has 0 aliphatic carbocycles. The number of nitrogens with one attached hydrogen (secondary N) is 3. The molecule has 35 heavy (non-hydrogen) atoms. The molecule has 9 nitrogen and oxygen atoms in total. The monoisotopic (exact) mass is 500 g/mol.